The van der Waals surface area contributed by atoms with Gasteiger partial charge in [0, 0.05) is 22.4 Å². The zero-order chi connectivity index (χ0) is 24.4. The summed E-state index contributed by atoms with van der Waals surface area (Å²) in [5.74, 6) is 0.321. The quantitative estimate of drug-likeness (QED) is 0.318. The summed E-state index contributed by atoms with van der Waals surface area (Å²) in [5, 5.41) is 14.7. The van der Waals surface area contributed by atoms with Crippen LogP contribution in [0.4, 0.5) is 13.2 Å². The Morgan fingerprint density at radius 1 is 1.18 bits per heavy atom. The first-order valence-electron chi connectivity index (χ1n) is 9.19. The number of ether oxygens (including phenoxy) is 2. The number of aromatic nitrogens is 2. The van der Waals surface area contributed by atoms with Crippen LogP contribution in [0.1, 0.15) is 11.1 Å². The summed E-state index contributed by atoms with van der Waals surface area (Å²) >= 11 is 12.1. The van der Waals surface area contributed by atoms with Crippen LogP contribution in [0.2, 0.25) is 10.0 Å². The Morgan fingerprint density at radius 3 is 2.39 bits per heavy atom. The van der Waals surface area contributed by atoms with Crippen molar-refractivity contribution in [1.82, 2.24) is 9.55 Å². The Labute approximate surface area is 196 Å². The highest BCUT2D eigenvalue weighted by atomic mass is 35.5. The van der Waals surface area contributed by atoms with Crippen LogP contribution in [0.5, 0.6) is 5.75 Å². The largest absolute Gasteiger partial charge is 0.491 e. The Kier molecular flexibility index (Phi) is 9.76. The fraction of sp³-hybridized carbons (Fsp3) is 0.250. The predicted octanol–water partition coefficient (Wildman–Crippen LogP) is 5.53. The van der Waals surface area contributed by atoms with Crippen LogP contribution in [-0.2, 0) is 24.1 Å². The number of imidazole rings is 1. The predicted molar refractivity (Wildman–Crippen MR) is 113 cm³/mol. The third-order valence-electron chi connectivity index (χ3n) is 4.08. The second kappa shape index (κ2) is 12.3. The fourth-order valence-corrected chi connectivity index (χ4v) is 3.02. The minimum Gasteiger partial charge on any atom is -0.491 e. The van der Waals surface area contributed by atoms with Crippen molar-refractivity contribution in [2.24, 2.45) is 0 Å². The molecule has 13 heteroatoms. The van der Waals surface area contributed by atoms with Crippen molar-refractivity contribution in [2.45, 2.75) is 25.4 Å². The lowest BCUT2D eigenvalue weighted by Gasteiger charge is -2.20. The zero-order valence-corrected chi connectivity index (χ0v) is 18.3. The van der Waals surface area contributed by atoms with Gasteiger partial charge >= 0.3 is 6.18 Å². The Hall–Kier alpha value is -3.02. The molecule has 1 heterocycles. The average Bonchev–Trinajstić information content (AvgIpc) is 3.23. The maximum Gasteiger partial charge on any atom is 0.416 e. The van der Waals surface area contributed by atoms with E-state index >= 15 is 0 Å². The summed E-state index contributed by atoms with van der Waals surface area (Å²) in [6, 6.07) is 9.65. The average molecular weight is 508 g/mol. The third kappa shape index (κ3) is 9.56. The van der Waals surface area contributed by atoms with Crippen molar-refractivity contribution < 1.29 is 32.9 Å². The molecule has 0 saturated heterocycles. The molecule has 0 fully saturated rings. The summed E-state index contributed by atoms with van der Waals surface area (Å²) in [7, 11) is 0. The second-order valence-corrected chi connectivity index (χ2v) is 7.34. The van der Waals surface area contributed by atoms with E-state index in [9.17, 15) is 13.2 Å². The first-order valence-corrected chi connectivity index (χ1v) is 9.94. The van der Waals surface area contributed by atoms with Crippen LogP contribution in [0.25, 0.3) is 0 Å². The number of hydrogen-bond acceptors (Lipinski definition) is 5. The molecule has 1 N–H and O–H groups in total. The summed E-state index contributed by atoms with van der Waals surface area (Å²) in [5.41, 5.74) is 0.0367. The van der Waals surface area contributed by atoms with Crippen molar-refractivity contribution in [3.8, 4) is 5.75 Å². The SMILES string of the molecule is FC(F)(F)c1ccc(OCC(Cn2ccnc2)OCc2ccc(Cl)cc2Cl)cc1.O=[N+]([O-])O. The molecule has 0 aliphatic carbocycles. The van der Waals surface area contributed by atoms with Crippen LogP contribution >= 0.6 is 23.2 Å². The van der Waals surface area contributed by atoms with E-state index in [4.69, 9.17) is 48.0 Å². The van der Waals surface area contributed by atoms with E-state index in [1.54, 1.807) is 36.9 Å². The molecule has 33 heavy (non-hydrogen) atoms. The molecule has 0 aliphatic heterocycles. The minimum atomic E-state index is -4.39. The van der Waals surface area contributed by atoms with E-state index < -0.39 is 22.9 Å². The number of rotatable bonds is 8. The normalized spacial score (nSPS) is 11.9. The molecule has 0 radical (unpaired) electrons. The van der Waals surface area contributed by atoms with Crippen molar-refractivity contribution >= 4 is 23.2 Å². The van der Waals surface area contributed by atoms with Crippen LogP contribution in [0, 0.1) is 10.1 Å². The molecular weight excluding hydrogens is 490 g/mol. The lowest BCUT2D eigenvalue weighted by atomic mass is 10.2. The molecule has 3 aromatic rings. The first kappa shape index (κ1) is 26.2. The van der Waals surface area contributed by atoms with Gasteiger partial charge in [0.05, 0.1) is 25.0 Å². The van der Waals surface area contributed by atoms with Gasteiger partial charge in [0.25, 0.3) is 5.09 Å². The summed E-state index contributed by atoms with van der Waals surface area (Å²) < 4.78 is 51.4. The topological polar surface area (TPSA) is 99.7 Å². The standard InChI is InChI=1S/C20H17Cl2F3N2O2.HNO3/c21-16-4-1-14(19(22)9-16)11-28-18(10-27-8-7-26-13-27)12-29-17-5-2-15(3-6-17)20(23,24)25;2-1(3)4/h1-9,13,18H,10-12H2;(H,2,3,4). The first-order chi connectivity index (χ1) is 15.5. The molecular formula is C20H18Cl2F3N3O5. The van der Waals surface area contributed by atoms with Gasteiger partial charge in [0.2, 0.25) is 0 Å². The highest BCUT2D eigenvalue weighted by Gasteiger charge is 2.30. The monoisotopic (exact) mass is 507 g/mol. The van der Waals surface area contributed by atoms with Crippen molar-refractivity contribution in [3.05, 3.63) is 92.5 Å². The van der Waals surface area contributed by atoms with Gasteiger partial charge in [-0.25, -0.2) is 4.98 Å². The number of halogens is 5. The molecule has 3 rings (SSSR count). The molecule has 1 unspecified atom stereocenters. The minimum absolute atomic E-state index is 0.134. The molecule has 8 nitrogen and oxygen atoms in total. The van der Waals surface area contributed by atoms with Gasteiger partial charge in [-0.1, -0.05) is 29.3 Å². The molecule has 1 atom stereocenters. The fourth-order valence-electron chi connectivity index (χ4n) is 2.56. The Morgan fingerprint density at radius 2 is 1.85 bits per heavy atom. The Balaban J connectivity index is 0.000000890. The van der Waals surface area contributed by atoms with Crippen LogP contribution in [0.15, 0.2) is 61.2 Å². The van der Waals surface area contributed by atoms with Crippen molar-refractivity contribution in [3.63, 3.8) is 0 Å². The molecule has 178 valence electrons. The lowest BCUT2D eigenvalue weighted by molar-refractivity contribution is -0.742. The summed E-state index contributed by atoms with van der Waals surface area (Å²) in [4.78, 5) is 12.4. The number of hydrogen-bond donors (Lipinski definition) is 1. The van der Waals surface area contributed by atoms with E-state index in [0.717, 1.165) is 17.7 Å². The molecule has 0 amide bonds. The van der Waals surface area contributed by atoms with Crippen molar-refractivity contribution in [1.29, 1.82) is 0 Å². The van der Waals surface area contributed by atoms with E-state index in [0.29, 0.717) is 22.3 Å². The van der Waals surface area contributed by atoms with E-state index in [2.05, 4.69) is 4.98 Å². The lowest BCUT2D eigenvalue weighted by Crippen LogP contribution is -2.27. The second-order valence-electron chi connectivity index (χ2n) is 6.50. The third-order valence-corrected chi connectivity index (χ3v) is 4.67. The number of nitrogens with zero attached hydrogens (tertiary/aromatic N) is 3. The van der Waals surface area contributed by atoms with Gasteiger partial charge in [-0.3, -0.25) is 0 Å². The molecule has 1 aromatic heterocycles. The Bertz CT molecular complexity index is 1010. The van der Waals surface area contributed by atoms with E-state index in [1.807, 2.05) is 4.57 Å². The molecule has 0 bridgehead atoms. The molecule has 2 aromatic carbocycles. The maximum absolute atomic E-state index is 12.7. The van der Waals surface area contributed by atoms with Gasteiger partial charge in [0.15, 0.2) is 0 Å². The highest BCUT2D eigenvalue weighted by molar-refractivity contribution is 6.35. The summed E-state index contributed by atoms with van der Waals surface area (Å²) in [6.07, 6.45) is 0.291. The van der Waals surface area contributed by atoms with Gasteiger partial charge in [0.1, 0.15) is 18.5 Å². The maximum atomic E-state index is 12.7. The zero-order valence-electron chi connectivity index (χ0n) is 16.8. The van der Waals surface area contributed by atoms with Crippen LogP contribution < -0.4 is 4.74 Å². The molecule has 0 spiro atoms. The highest BCUT2D eigenvalue weighted by Crippen LogP contribution is 2.30. The van der Waals surface area contributed by atoms with Crippen LogP contribution in [0.3, 0.4) is 0 Å². The molecule has 0 saturated carbocycles. The smallest absolute Gasteiger partial charge is 0.416 e. The number of alkyl halides is 3. The van der Waals surface area contributed by atoms with Gasteiger partial charge in [-0.05, 0) is 42.0 Å². The van der Waals surface area contributed by atoms with Gasteiger partial charge in [-0.2, -0.15) is 13.2 Å². The molecule has 0 aliphatic rings. The van der Waals surface area contributed by atoms with E-state index in [1.165, 1.54) is 12.1 Å². The van der Waals surface area contributed by atoms with Gasteiger partial charge < -0.3 is 19.2 Å². The van der Waals surface area contributed by atoms with Crippen molar-refractivity contribution in [2.75, 3.05) is 6.61 Å². The van der Waals surface area contributed by atoms with Crippen LogP contribution in [-0.4, -0.2) is 32.6 Å². The number of benzene rings is 2. The summed E-state index contributed by atoms with van der Waals surface area (Å²) in [6.45, 7) is 0.812. The van der Waals surface area contributed by atoms with Gasteiger partial charge in [-0.15, -0.1) is 10.1 Å². The van der Waals surface area contributed by atoms with E-state index in [-0.39, 0.29) is 13.2 Å².